The third-order valence-corrected chi connectivity index (χ3v) is 3.26. The summed E-state index contributed by atoms with van der Waals surface area (Å²) < 4.78 is 6.92. The number of benzene rings is 1. The van der Waals surface area contributed by atoms with Crippen LogP contribution in [0.4, 0.5) is 11.4 Å². The van der Waals surface area contributed by atoms with Crippen molar-refractivity contribution in [3.05, 3.63) is 23.8 Å². The Morgan fingerprint density at radius 2 is 2.06 bits per heavy atom. The molecule has 0 aromatic heterocycles. The molecule has 1 fully saturated rings. The van der Waals surface area contributed by atoms with Crippen molar-refractivity contribution in [3.8, 4) is 0 Å². The molecule has 0 radical (unpaired) electrons. The molecular weight excluding hydrogens is 214 g/mol. The first-order valence-corrected chi connectivity index (χ1v) is 5.88. The maximum Gasteiger partial charge on any atom is 0.211 e. The molecule has 0 bridgehead atoms. The van der Waals surface area contributed by atoms with Gasteiger partial charge in [-0.05, 0) is 37.7 Å². The number of carbonyl (C=O) groups is 1. The Morgan fingerprint density at radius 3 is 2.65 bits per heavy atom. The van der Waals surface area contributed by atoms with Gasteiger partial charge in [-0.1, -0.05) is 0 Å². The fourth-order valence-corrected chi connectivity index (χ4v) is 2.10. The molecule has 4 nitrogen and oxygen atoms in total. The van der Waals surface area contributed by atoms with Crippen LogP contribution >= 0.6 is 0 Å². The quantitative estimate of drug-likeness (QED) is 0.784. The van der Waals surface area contributed by atoms with E-state index in [1.165, 1.54) is 5.69 Å². The number of amides is 1. The van der Waals surface area contributed by atoms with Crippen molar-refractivity contribution < 1.29 is 6.17 Å². The number of rotatable bonds is 2. The number of anilines is 2. The predicted octanol–water partition coefficient (Wildman–Crippen LogP) is 1.32. The Balaban J connectivity index is 2.11. The minimum Gasteiger partial charge on any atom is -0.369 e. The first kappa shape index (κ1) is 10.6. The van der Waals surface area contributed by atoms with Crippen LogP contribution in [0.5, 0.6) is 0 Å². The van der Waals surface area contributed by atoms with Gasteiger partial charge in [-0.3, -0.25) is 4.79 Å². The van der Waals surface area contributed by atoms with Crippen LogP contribution in [0.2, 0.25) is 0 Å². The highest BCUT2D eigenvalue weighted by Gasteiger charge is 2.14. The smallest absolute Gasteiger partial charge is 0.211 e. The fourth-order valence-electron chi connectivity index (χ4n) is 2.10. The number of aryl methyl sites for hydroxylation is 1. The molecule has 1 aliphatic rings. The zero-order chi connectivity index (χ0) is 13.1. The first-order valence-electron chi connectivity index (χ1n) is 6.38. The summed E-state index contributed by atoms with van der Waals surface area (Å²) in [5, 5.41) is 2.51. The molecule has 1 heterocycles. The standard InChI is InChI=1S/C13H19N3O/c1-11-9-12(3-4-13(11)14-10-17)16-7-5-15(2)6-8-16/h3-4,9-10H,5-8H2,1-2H3,(H,14,17)/i10D. The summed E-state index contributed by atoms with van der Waals surface area (Å²) in [5.74, 6) is 0. The maximum atomic E-state index is 10.7. The molecule has 1 saturated heterocycles. The van der Waals surface area contributed by atoms with Crippen LogP contribution in [0.3, 0.4) is 0 Å². The lowest BCUT2D eigenvalue weighted by molar-refractivity contribution is -0.105. The van der Waals surface area contributed by atoms with E-state index in [1.807, 2.05) is 19.1 Å². The van der Waals surface area contributed by atoms with Gasteiger partial charge in [0.1, 0.15) is 1.37 Å². The minimum atomic E-state index is -0.773. The number of piperazine rings is 1. The van der Waals surface area contributed by atoms with Gasteiger partial charge >= 0.3 is 0 Å². The van der Waals surface area contributed by atoms with Crippen LogP contribution in [0, 0.1) is 6.92 Å². The van der Waals surface area contributed by atoms with Gasteiger partial charge in [0.2, 0.25) is 6.39 Å². The van der Waals surface area contributed by atoms with E-state index in [-0.39, 0.29) is 0 Å². The second-order valence-electron chi connectivity index (χ2n) is 4.52. The maximum absolute atomic E-state index is 10.7. The second kappa shape index (κ2) is 5.19. The van der Waals surface area contributed by atoms with Crippen LogP contribution in [0.1, 0.15) is 6.93 Å². The average Bonchev–Trinajstić information content (AvgIpc) is 2.32. The lowest BCUT2D eigenvalue weighted by Crippen LogP contribution is -2.44. The van der Waals surface area contributed by atoms with Crippen LogP contribution < -0.4 is 10.2 Å². The van der Waals surface area contributed by atoms with Gasteiger partial charge in [-0.25, -0.2) is 0 Å². The second-order valence-corrected chi connectivity index (χ2v) is 4.52. The number of hydrogen-bond donors (Lipinski definition) is 1. The summed E-state index contributed by atoms with van der Waals surface area (Å²) in [6, 6.07) is 5.94. The van der Waals surface area contributed by atoms with Gasteiger partial charge in [-0.15, -0.1) is 0 Å². The van der Waals surface area contributed by atoms with Crippen LogP contribution in [0.15, 0.2) is 18.2 Å². The molecule has 1 aliphatic heterocycles. The van der Waals surface area contributed by atoms with Crippen molar-refractivity contribution in [1.82, 2.24) is 4.90 Å². The molecule has 0 spiro atoms. The van der Waals surface area contributed by atoms with Crippen molar-refractivity contribution in [3.63, 3.8) is 0 Å². The summed E-state index contributed by atoms with van der Waals surface area (Å²) >= 11 is 0. The number of carbonyl (C=O) groups excluding carboxylic acids is 1. The number of nitrogens with one attached hydrogen (secondary N) is 1. The Kier molecular flexibility index (Phi) is 3.23. The summed E-state index contributed by atoms with van der Waals surface area (Å²) in [6.45, 7) is 6.15. The molecule has 0 atom stereocenters. The van der Waals surface area contributed by atoms with Crippen LogP contribution in [-0.4, -0.2) is 44.5 Å². The summed E-state index contributed by atoms with van der Waals surface area (Å²) in [7, 11) is 2.13. The zero-order valence-electron chi connectivity index (χ0n) is 11.4. The molecular formula is C13H19N3O. The Hall–Kier alpha value is -1.55. The molecule has 92 valence electrons. The van der Waals surface area contributed by atoms with E-state index in [2.05, 4.69) is 28.2 Å². The van der Waals surface area contributed by atoms with Gasteiger partial charge in [0.25, 0.3) is 0 Å². The predicted molar refractivity (Wildman–Crippen MR) is 70.6 cm³/mol. The topological polar surface area (TPSA) is 35.6 Å². The normalized spacial score (nSPS) is 17.8. The molecule has 4 heteroatoms. The van der Waals surface area contributed by atoms with E-state index in [1.54, 1.807) is 0 Å². The van der Waals surface area contributed by atoms with Crippen LogP contribution in [0.25, 0.3) is 0 Å². The number of nitrogens with zero attached hydrogens (tertiary/aromatic N) is 2. The van der Waals surface area contributed by atoms with E-state index >= 15 is 0 Å². The van der Waals surface area contributed by atoms with Crippen molar-refractivity contribution in [2.24, 2.45) is 0 Å². The number of hydrogen-bond acceptors (Lipinski definition) is 3. The molecule has 1 amide bonds. The molecule has 1 aromatic rings. The van der Waals surface area contributed by atoms with Gasteiger partial charge in [0.15, 0.2) is 0 Å². The van der Waals surface area contributed by atoms with Gasteiger partial charge < -0.3 is 15.1 Å². The molecule has 17 heavy (non-hydrogen) atoms. The van der Waals surface area contributed by atoms with Crippen molar-refractivity contribution in [2.75, 3.05) is 43.4 Å². The fraction of sp³-hybridized carbons (Fsp3) is 0.462. The first-order chi connectivity index (χ1) is 8.56. The SMILES string of the molecule is [2H]C(=O)Nc1ccc(N2CCN(C)CC2)cc1C. The lowest BCUT2D eigenvalue weighted by Gasteiger charge is -2.34. The highest BCUT2D eigenvalue weighted by molar-refractivity contribution is 5.74. The van der Waals surface area contributed by atoms with Crippen molar-refractivity contribution in [2.45, 2.75) is 6.92 Å². The zero-order valence-corrected chi connectivity index (χ0v) is 10.4. The highest BCUT2D eigenvalue weighted by Crippen LogP contribution is 2.23. The Morgan fingerprint density at radius 1 is 1.35 bits per heavy atom. The number of likely N-dealkylation sites (N-methyl/N-ethyl adjacent to an activating group) is 1. The van der Waals surface area contributed by atoms with E-state index < -0.39 is 6.39 Å². The molecule has 0 aliphatic carbocycles. The molecule has 0 unspecified atom stereocenters. The van der Waals surface area contributed by atoms with E-state index in [0.29, 0.717) is 5.69 Å². The van der Waals surface area contributed by atoms with Crippen molar-refractivity contribution >= 4 is 17.8 Å². The minimum absolute atomic E-state index is 0.716. The largest absolute Gasteiger partial charge is 0.369 e. The molecule has 1 N–H and O–H groups in total. The lowest BCUT2D eigenvalue weighted by atomic mass is 10.1. The van der Waals surface area contributed by atoms with Gasteiger partial charge in [0, 0.05) is 37.6 Å². The van der Waals surface area contributed by atoms with Gasteiger partial charge in [-0.2, -0.15) is 0 Å². The van der Waals surface area contributed by atoms with E-state index in [0.717, 1.165) is 31.7 Å². The monoisotopic (exact) mass is 234 g/mol. The Labute approximate surface area is 104 Å². The summed E-state index contributed by atoms with van der Waals surface area (Å²) in [4.78, 5) is 15.4. The summed E-state index contributed by atoms with van der Waals surface area (Å²) in [5.41, 5.74) is 2.89. The average molecular weight is 234 g/mol. The van der Waals surface area contributed by atoms with Gasteiger partial charge in [0.05, 0.1) is 0 Å². The summed E-state index contributed by atoms with van der Waals surface area (Å²) in [6.07, 6.45) is -0.773. The van der Waals surface area contributed by atoms with Crippen LogP contribution in [-0.2, 0) is 4.79 Å². The third kappa shape index (κ3) is 2.77. The van der Waals surface area contributed by atoms with E-state index in [4.69, 9.17) is 1.37 Å². The third-order valence-electron chi connectivity index (χ3n) is 3.26. The van der Waals surface area contributed by atoms with E-state index in [9.17, 15) is 4.79 Å². The highest BCUT2D eigenvalue weighted by atomic mass is 16.1. The molecule has 2 rings (SSSR count). The van der Waals surface area contributed by atoms with Crippen molar-refractivity contribution in [1.29, 1.82) is 0 Å². The molecule has 1 aromatic carbocycles. The Bertz CT molecular complexity index is 442. The molecule has 0 saturated carbocycles.